The molecule has 2 aromatic heterocycles. The fraction of sp³-hybridized carbons (Fsp3) is 0.158. The van der Waals surface area contributed by atoms with E-state index in [1.807, 2.05) is 6.07 Å². The van der Waals surface area contributed by atoms with Crippen LogP contribution in [-0.2, 0) is 0 Å². The van der Waals surface area contributed by atoms with E-state index in [2.05, 4.69) is 25.6 Å². The van der Waals surface area contributed by atoms with E-state index in [9.17, 15) is 13.6 Å². The third kappa shape index (κ3) is 4.60. The number of aromatic nitrogens is 3. The molecule has 8 heteroatoms. The van der Waals surface area contributed by atoms with Crippen LogP contribution in [-0.4, -0.2) is 34.1 Å². The second-order valence-corrected chi connectivity index (χ2v) is 5.72. The number of nitrogens with one attached hydrogen (secondary N) is 2. The average molecular weight is 369 g/mol. The van der Waals surface area contributed by atoms with Crippen molar-refractivity contribution in [2.75, 3.05) is 18.5 Å². The van der Waals surface area contributed by atoms with Gasteiger partial charge < -0.3 is 10.6 Å². The number of alkyl halides is 1. The van der Waals surface area contributed by atoms with Crippen LogP contribution >= 0.6 is 0 Å². The van der Waals surface area contributed by atoms with Crippen LogP contribution < -0.4 is 10.6 Å². The highest BCUT2D eigenvalue weighted by atomic mass is 19.1. The van der Waals surface area contributed by atoms with E-state index in [1.165, 1.54) is 12.1 Å². The smallest absolute Gasteiger partial charge is 0.251 e. The number of nitrogens with zero attached hydrogens (tertiary/aromatic N) is 3. The summed E-state index contributed by atoms with van der Waals surface area (Å²) in [5.41, 5.74) is 1.72. The van der Waals surface area contributed by atoms with Gasteiger partial charge in [0.25, 0.3) is 5.91 Å². The number of benzene rings is 1. The maximum atomic E-state index is 14.4. The number of amides is 1. The molecule has 0 saturated carbocycles. The van der Waals surface area contributed by atoms with Crippen molar-refractivity contribution in [2.24, 2.45) is 0 Å². The zero-order chi connectivity index (χ0) is 19.2. The number of hydrogen-bond acceptors (Lipinski definition) is 5. The number of halogens is 2. The number of carbonyl (C=O) groups is 1. The molecule has 3 aromatic rings. The van der Waals surface area contributed by atoms with E-state index in [1.54, 1.807) is 31.5 Å². The number of rotatable bonds is 6. The third-order valence-electron chi connectivity index (χ3n) is 3.65. The van der Waals surface area contributed by atoms with Crippen LogP contribution in [0.3, 0.4) is 0 Å². The molecule has 0 fully saturated rings. The third-order valence-corrected chi connectivity index (χ3v) is 3.65. The summed E-state index contributed by atoms with van der Waals surface area (Å²) in [5.74, 6) is -0.278. The van der Waals surface area contributed by atoms with Crippen LogP contribution in [0.25, 0.3) is 11.4 Å². The van der Waals surface area contributed by atoms with E-state index in [0.29, 0.717) is 17.3 Å². The van der Waals surface area contributed by atoms with Crippen molar-refractivity contribution in [3.63, 3.8) is 0 Å². The number of carbonyl (C=O) groups excluding carboxylic acids is 1. The lowest BCUT2D eigenvalue weighted by Crippen LogP contribution is -2.25. The number of anilines is 2. The van der Waals surface area contributed by atoms with Crippen molar-refractivity contribution in [3.8, 4) is 11.4 Å². The molecule has 0 spiro atoms. The summed E-state index contributed by atoms with van der Waals surface area (Å²) >= 11 is 0. The molecule has 0 aliphatic rings. The standard InChI is InChI=1S/C19H17F2N5O/c1-12-9-17(26-18(24-12)14-3-2-7-22-11-14)25-16-5-4-13(10-15(16)21)19(27)23-8-6-20/h2-5,7,9-11H,6,8H2,1H3,(H,23,27)(H,24,25,26). The number of aryl methyl sites for hydroxylation is 1. The van der Waals surface area contributed by atoms with Crippen molar-refractivity contribution >= 4 is 17.4 Å². The molecule has 27 heavy (non-hydrogen) atoms. The van der Waals surface area contributed by atoms with Crippen molar-refractivity contribution in [2.45, 2.75) is 6.92 Å². The largest absolute Gasteiger partial charge is 0.349 e. The summed E-state index contributed by atoms with van der Waals surface area (Å²) in [7, 11) is 0. The lowest BCUT2D eigenvalue weighted by atomic mass is 10.2. The van der Waals surface area contributed by atoms with Gasteiger partial charge in [0.1, 0.15) is 18.3 Å². The molecule has 1 aromatic carbocycles. The fourth-order valence-corrected chi connectivity index (χ4v) is 2.42. The van der Waals surface area contributed by atoms with Crippen molar-refractivity contribution in [3.05, 3.63) is 65.9 Å². The molecule has 0 radical (unpaired) electrons. The number of pyridine rings is 1. The Labute approximate surface area is 154 Å². The molecular formula is C19H17F2N5O. The molecule has 6 nitrogen and oxygen atoms in total. The van der Waals surface area contributed by atoms with Gasteiger partial charge in [0.2, 0.25) is 0 Å². The van der Waals surface area contributed by atoms with Crippen molar-refractivity contribution < 1.29 is 13.6 Å². The summed E-state index contributed by atoms with van der Waals surface area (Å²) in [6.07, 6.45) is 3.29. The van der Waals surface area contributed by atoms with Gasteiger partial charge in [0.15, 0.2) is 5.82 Å². The molecule has 0 aliphatic heterocycles. The first kappa shape index (κ1) is 18.4. The van der Waals surface area contributed by atoms with Crippen LogP contribution in [0.4, 0.5) is 20.3 Å². The Morgan fingerprint density at radius 3 is 2.74 bits per heavy atom. The summed E-state index contributed by atoms with van der Waals surface area (Å²) < 4.78 is 26.5. The van der Waals surface area contributed by atoms with E-state index >= 15 is 0 Å². The second-order valence-electron chi connectivity index (χ2n) is 5.72. The van der Waals surface area contributed by atoms with Crippen LogP contribution in [0.15, 0.2) is 48.8 Å². The van der Waals surface area contributed by atoms with Gasteiger partial charge in [-0.15, -0.1) is 0 Å². The molecule has 0 aliphatic carbocycles. The van der Waals surface area contributed by atoms with E-state index in [0.717, 1.165) is 11.6 Å². The van der Waals surface area contributed by atoms with Crippen molar-refractivity contribution in [1.29, 1.82) is 0 Å². The first-order valence-corrected chi connectivity index (χ1v) is 8.23. The maximum Gasteiger partial charge on any atom is 0.251 e. The van der Waals surface area contributed by atoms with Gasteiger partial charge in [-0.05, 0) is 37.3 Å². The lowest BCUT2D eigenvalue weighted by molar-refractivity contribution is 0.0950. The topological polar surface area (TPSA) is 79.8 Å². The highest BCUT2D eigenvalue weighted by Crippen LogP contribution is 2.22. The normalized spacial score (nSPS) is 10.5. The van der Waals surface area contributed by atoms with Gasteiger partial charge in [-0.2, -0.15) is 0 Å². The molecule has 138 valence electrons. The Morgan fingerprint density at radius 2 is 2.04 bits per heavy atom. The van der Waals surface area contributed by atoms with Gasteiger partial charge >= 0.3 is 0 Å². The van der Waals surface area contributed by atoms with E-state index < -0.39 is 18.4 Å². The SMILES string of the molecule is Cc1cc(Nc2ccc(C(=O)NCCF)cc2F)nc(-c2cccnc2)n1. The number of hydrogen-bond donors (Lipinski definition) is 2. The van der Waals surface area contributed by atoms with Crippen molar-refractivity contribution in [1.82, 2.24) is 20.3 Å². The molecule has 2 N–H and O–H groups in total. The summed E-state index contributed by atoms with van der Waals surface area (Å²) in [6, 6.07) is 9.26. The minimum Gasteiger partial charge on any atom is -0.349 e. The van der Waals surface area contributed by atoms with Gasteiger partial charge in [0, 0.05) is 41.8 Å². The first-order valence-electron chi connectivity index (χ1n) is 8.23. The predicted octanol–water partition coefficient (Wildman–Crippen LogP) is 3.43. The van der Waals surface area contributed by atoms with Crippen LogP contribution in [0.2, 0.25) is 0 Å². The molecule has 0 unspecified atom stereocenters. The Kier molecular flexibility index (Phi) is 5.65. The Morgan fingerprint density at radius 1 is 1.19 bits per heavy atom. The average Bonchev–Trinajstić information content (AvgIpc) is 2.68. The Hall–Kier alpha value is -3.42. The molecule has 3 rings (SSSR count). The monoisotopic (exact) mass is 369 g/mol. The molecule has 0 bridgehead atoms. The van der Waals surface area contributed by atoms with Gasteiger partial charge in [-0.3, -0.25) is 9.78 Å². The first-order chi connectivity index (χ1) is 13.1. The zero-order valence-electron chi connectivity index (χ0n) is 14.5. The molecular weight excluding hydrogens is 352 g/mol. The highest BCUT2D eigenvalue weighted by molar-refractivity contribution is 5.94. The van der Waals surface area contributed by atoms with Crippen LogP contribution in [0, 0.1) is 12.7 Å². The van der Waals surface area contributed by atoms with E-state index in [-0.39, 0.29) is 17.8 Å². The molecule has 0 atom stereocenters. The molecule has 0 saturated heterocycles. The summed E-state index contributed by atoms with van der Waals surface area (Å²) in [4.78, 5) is 24.6. The second kappa shape index (κ2) is 8.31. The Bertz CT molecular complexity index is 950. The maximum absolute atomic E-state index is 14.4. The predicted molar refractivity (Wildman–Crippen MR) is 98.0 cm³/mol. The van der Waals surface area contributed by atoms with Gasteiger partial charge in [-0.25, -0.2) is 18.7 Å². The highest BCUT2D eigenvalue weighted by Gasteiger charge is 2.11. The van der Waals surface area contributed by atoms with Crippen LogP contribution in [0.1, 0.15) is 16.1 Å². The minimum atomic E-state index is -0.680. The summed E-state index contributed by atoms with van der Waals surface area (Å²) in [6.45, 7) is 1.01. The zero-order valence-corrected chi connectivity index (χ0v) is 14.5. The quantitative estimate of drug-likeness (QED) is 0.696. The fourth-order valence-electron chi connectivity index (χ4n) is 2.42. The Balaban J connectivity index is 1.83. The molecule has 2 heterocycles. The molecule has 1 amide bonds. The van der Waals surface area contributed by atoms with Gasteiger partial charge in [-0.1, -0.05) is 0 Å². The van der Waals surface area contributed by atoms with E-state index in [4.69, 9.17) is 0 Å². The minimum absolute atomic E-state index is 0.112. The van der Waals surface area contributed by atoms with Crippen LogP contribution in [0.5, 0.6) is 0 Å². The summed E-state index contributed by atoms with van der Waals surface area (Å²) in [5, 5.41) is 5.24. The van der Waals surface area contributed by atoms with Gasteiger partial charge in [0.05, 0.1) is 5.69 Å². The lowest BCUT2D eigenvalue weighted by Gasteiger charge is -2.10.